The predicted molar refractivity (Wildman–Crippen MR) is 121 cm³/mol. The second kappa shape index (κ2) is 7.66. The van der Waals surface area contributed by atoms with Crippen molar-refractivity contribution >= 4 is 45.0 Å². The van der Waals surface area contributed by atoms with Crippen LogP contribution in [0.4, 0.5) is 5.69 Å². The van der Waals surface area contributed by atoms with Crippen LogP contribution in [0.3, 0.4) is 0 Å². The van der Waals surface area contributed by atoms with Gasteiger partial charge < -0.3 is 19.7 Å². The molecule has 1 atom stereocenters. The summed E-state index contributed by atoms with van der Waals surface area (Å²) in [5, 5.41) is 18.5. The van der Waals surface area contributed by atoms with Crippen LogP contribution >= 0.6 is 22.6 Å². The van der Waals surface area contributed by atoms with Crippen LogP contribution in [0, 0.1) is 6.92 Å². The summed E-state index contributed by atoms with van der Waals surface area (Å²) >= 11 is 1.80. The first-order valence-electron chi connectivity index (χ1n) is 9.52. The van der Waals surface area contributed by atoms with E-state index in [1.165, 1.54) is 0 Å². The Labute approximate surface area is 186 Å². The zero-order valence-electron chi connectivity index (χ0n) is 16.6. The third-order valence-electron chi connectivity index (χ3n) is 5.61. The van der Waals surface area contributed by atoms with Gasteiger partial charge in [-0.3, -0.25) is 4.79 Å². The topological polar surface area (TPSA) is 102 Å². The van der Waals surface area contributed by atoms with Crippen molar-refractivity contribution in [3.05, 3.63) is 64.1 Å². The molecule has 156 valence electrons. The number of aromatic nitrogens is 1. The number of amides is 1. The smallest absolute Gasteiger partial charge is 0.366 e. The van der Waals surface area contributed by atoms with Gasteiger partial charge in [-0.2, -0.15) is 0 Å². The Hall–Kier alpha value is -2.46. The maximum absolute atomic E-state index is 12.9. The standard InChI is InChI=1S/C22H21IN2O5/c1-13-16-11-14(7-8-15(16)19(26)30-25-13)24-20(27)22(23,28)12-21(9-10-21)17-5-3-4-6-18(17)29-2/h3-8,11,28H,9-10,12H2,1-2H3,(H,24,27). The number of nitrogens with zero attached hydrogens (tertiary/aromatic N) is 1. The molecule has 1 aliphatic carbocycles. The van der Waals surface area contributed by atoms with Gasteiger partial charge in [-0.05, 0) is 66.6 Å². The number of hydrogen-bond donors (Lipinski definition) is 2. The molecule has 0 radical (unpaired) electrons. The van der Waals surface area contributed by atoms with Crippen LogP contribution in [-0.4, -0.2) is 26.9 Å². The summed E-state index contributed by atoms with van der Waals surface area (Å²) in [6, 6.07) is 12.6. The number of rotatable bonds is 6. The number of nitrogens with one attached hydrogen (secondary N) is 1. The predicted octanol–water partition coefficient (Wildman–Crippen LogP) is 3.69. The Morgan fingerprint density at radius 2 is 2.03 bits per heavy atom. The molecule has 3 aromatic rings. The number of alkyl halides is 1. The van der Waals surface area contributed by atoms with Crippen molar-refractivity contribution in [3.8, 4) is 5.75 Å². The van der Waals surface area contributed by atoms with Gasteiger partial charge in [-0.25, -0.2) is 4.79 Å². The van der Waals surface area contributed by atoms with Crippen molar-refractivity contribution in [2.24, 2.45) is 0 Å². The molecule has 0 aliphatic heterocycles. The Morgan fingerprint density at radius 3 is 2.73 bits per heavy atom. The van der Waals surface area contributed by atoms with Gasteiger partial charge in [0.25, 0.3) is 5.91 Å². The SMILES string of the molecule is COc1ccccc1C1(CC(O)(I)C(=O)Nc2ccc3c(=O)onc(C)c3c2)CC1. The summed E-state index contributed by atoms with van der Waals surface area (Å²) in [5.74, 6) is 0.246. The molecule has 0 spiro atoms. The zero-order valence-corrected chi connectivity index (χ0v) is 18.7. The van der Waals surface area contributed by atoms with E-state index in [9.17, 15) is 14.7 Å². The van der Waals surface area contributed by atoms with E-state index >= 15 is 0 Å². The highest BCUT2D eigenvalue weighted by atomic mass is 127. The van der Waals surface area contributed by atoms with Gasteiger partial charge in [0.1, 0.15) is 5.75 Å². The van der Waals surface area contributed by atoms with Crippen LogP contribution in [0.15, 0.2) is 51.8 Å². The Morgan fingerprint density at radius 1 is 1.30 bits per heavy atom. The van der Waals surface area contributed by atoms with Gasteiger partial charge in [-0.15, -0.1) is 0 Å². The van der Waals surface area contributed by atoms with E-state index in [4.69, 9.17) is 9.26 Å². The van der Waals surface area contributed by atoms with E-state index in [2.05, 4.69) is 10.5 Å². The zero-order chi connectivity index (χ0) is 21.5. The number of aliphatic hydroxyl groups is 1. The van der Waals surface area contributed by atoms with E-state index in [0.29, 0.717) is 22.2 Å². The third kappa shape index (κ3) is 3.81. The van der Waals surface area contributed by atoms with Crippen molar-refractivity contribution in [1.29, 1.82) is 0 Å². The van der Waals surface area contributed by atoms with Crippen molar-refractivity contribution in [2.45, 2.75) is 35.2 Å². The molecule has 7 nitrogen and oxygen atoms in total. The van der Waals surface area contributed by atoms with E-state index < -0.39 is 15.1 Å². The summed E-state index contributed by atoms with van der Waals surface area (Å²) < 4.78 is 8.59. The minimum absolute atomic E-state index is 0.268. The molecule has 1 aromatic heterocycles. The fraction of sp³-hybridized carbons (Fsp3) is 0.318. The number of anilines is 1. The number of hydrogen-bond acceptors (Lipinski definition) is 6. The number of carbonyl (C=O) groups excluding carboxylic acids is 1. The molecule has 8 heteroatoms. The summed E-state index contributed by atoms with van der Waals surface area (Å²) in [7, 11) is 1.62. The van der Waals surface area contributed by atoms with Crippen molar-refractivity contribution in [3.63, 3.8) is 0 Å². The quantitative estimate of drug-likeness (QED) is 0.380. The summed E-state index contributed by atoms with van der Waals surface area (Å²) in [6.07, 6.45) is 2.02. The largest absolute Gasteiger partial charge is 0.496 e. The van der Waals surface area contributed by atoms with Gasteiger partial charge in [0.05, 0.1) is 18.2 Å². The number of fused-ring (bicyclic) bond motifs is 1. The van der Waals surface area contributed by atoms with E-state index in [0.717, 1.165) is 24.2 Å². The second-order valence-corrected chi connectivity index (χ2v) is 9.47. The van der Waals surface area contributed by atoms with Crippen LogP contribution < -0.4 is 15.7 Å². The number of aryl methyl sites for hydroxylation is 1. The van der Waals surface area contributed by atoms with Gasteiger partial charge in [0, 0.05) is 28.5 Å². The minimum Gasteiger partial charge on any atom is -0.496 e. The lowest BCUT2D eigenvalue weighted by atomic mass is 9.88. The van der Waals surface area contributed by atoms with Crippen molar-refractivity contribution in [2.75, 3.05) is 12.4 Å². The normalized spacial score (nSPS) is 16.7. The maximum atomic E-state index is 12.9. The molecule has 0 saturated heterocycles. The van der Waals surface area contributed by atoms with Crippen LogP contribution in [0.25, 0.3) is 10.8 Å². The lowest BCUT2D eigenvalue weighted by Crippen LogP contribution is -2.40. The van der Waals surface area contributed by atoms with Gasteiger partial charge in [-0.1, -0.05) is 23.4 Å². The van der Waals surface area contributed by atoms with E-state index in [-0.39, 0.29) is 11.8 Å². The van der Waals surface area contributed by atoms with Gasteiger partial charge in [0.2, 0.25) is 0 Å². The lowest BCUT2D eigenvalue weighted by molar-refractivity contribution is -0.125. The van der Waals surface area contributed by atoms with Gasteiger partial charge in [0.15, 0.2) is 3.61 Å². The highest BCUT2D eigenvalue weighted by Crippen LogP contribution is 2.56. The Balaban J connectivity index is 1.57. The fourth-order valence-corrected chi connectivity index (χ4v) is 4.70. The number of para-hydroxylation sites is 1. The first-order chi connectivity index (χ1) is 14.3. The maximum Gasteiger partial charge on any atom is 0.366 e. The fourth-order valence-electron chi connectivity index (χ4n) is 3.84. The number of carbonyl (C=O) groups is 1. The van der Waals surface area contributed by atoms with E-state index in [1.54, 1.807) is 54.8 Å². The monoisotopic (exact) mass is 520 g/mol. The van der Waals surface area contributed by atoms with Crippen LogP contribution in [0.1, 0.15) is 30.5 Å². The summed E-state index contributed by atoms with van der Waals surface area (Å²) in [4.78, 5) is 24.7. The molecule has 1 unspecified atom stereocenters. The first-order valence-corrected chi connectivity index (χ1v) is 10.6. The number of halogens is 1. The molecule has 1 aliphatic rings. The highest BCUT2D eigenvalue weighted by molar-refractivity contribution is 14.1. The van der Waals surface area contributed by atoms with Crippen LogP contribution in [0.5, 0.6) is 5.75 Å². The number of ether oxygens (including phenoxy) is 1. The minimum atomic E-state index is -1.62. The van der Waals surface area contributed by atoms with E-state index in [1.807, 2.05) is 24.3 Å². The molecule has 1 amide bonds. The summed E-state index contributed by atoms with van der Waals surface area (Å²) in [5.41, 5.74) is 1.20. The lowest BCUT2D eigenvalue weighted by Gasteiger charge is -2.27. The van der Waals surface area contributed by atoms with Crippen molar-refractivity contribution < 1.29 is 19.2 Å². The average Bonchev–Trinajstić information content (AvgIpc) is 3.50. The molecule has 4 rings (SSSR count). The molecule has 2 aromatic carbocycles. The highest BCUT2D eigenvalue weighted by Gasteiger charge is 2.52. The van der Waals surface area contributed by atoms with Crippen LogP contribution in [0.2, 0.25) is 0 Å². The molecule has 2 N–H and O–H groups in total. The first kappa shape index (κ1) is 20.8. The molecular weight excluding hydrogens is 499 g/mol. The van der Waals surface area contributed by atoms with Crippen molar-refractivity contribution in [1.82, 2.24) is 5.16 Å². The molecule has 30 heavy (non-hydrogen) atoms. The molecule has 1 heterocycles. The van der Waals surface area contributed by atoms with Gasteiger partial charge >= 0.3 is 5.63 Å². The average molecular weight is 520 g/mol. The van der Waals surface area contributed by atoms with Crippen LogP contribution in [-0.2, 0) is 10.2 Å². The third-order valence-corrected chi connectivity index (χ3v) is 6.48. The number of benzene rings is 2. The molecule has 0 bridgehead atoms. The Bertz CT molecular complexity index is 1180. The number of methoxy groups -OCH3 is 1. The Kier molecular flexibility index (Phi) is 5.31. The molecule has 1 saturated carbocycles. The molecular formula is C22H21IN2O5. The molecule has 1 fully saturated rings. The second-order valence-electron chi connectivity index (χ2n) is 7.69. The summed E-state index contributed by atoms with van der Waals surface area (Å²) in [6.45, 7) is 1.72.